The summed E-state index contributed by atoms with van der Waals surface area (Å²) in [7, 11) is 0. The second-order valence-electron chi connectivity index (χ2n) is 6.20. The first-order valence-electron chi connectivity index (χ1n) is 8.63. The molecule has 0 bridgehead atoms. The van der Waals surface area contributed by atoms with Gasteiger partial charge in [-0.2, -0.15) is 0 Å². The van der Waals surface area contributed by atoms with E-state index in [4.69, 9.17) is 4.74 Å². The Labute approximate surface area is 157 Å². The van der Waals surface area contributed by atoms with E-state index in [1.165, 1.54) is 13.0 Å². The lowest BCUT2D eigenvalue weighted by atomic mass is 10.2. The molecule has 2 aromatic carbocycles. The number of amides is 1. The topological polar surface area (TPSA) is 68.3 Å². The molecule has 1 atom stereocenters. The predicted molar refractivity (Wildman–Crippen MR) is 106 cm³/mol. The van der Waals surface area contributed by atoms with Gasteiger partial charge in [0.15, 0.2) is 6.10 Å². The van der Waals surface area contributed by atoms with Crippen LogP contribution in [0.3, 0.4) is 0 Å². The number of nitrogens with zero attached hydrogens (tertiary/aromatic N) is 1. The van der Waals surface area contributed by atoms with Crippen molar-refractivity contribution in [2.24, 2.45) is 0 Å². The standard InChI is InChI=1S/C22H20N2O3/c1-15-7-10-19(11-8-15)24-22(26)16(2)27-21(25)14-13-18-12-9-17-5-3-4-6-20(17)23-18/h3-14,16H,1-2H3,(H,24,26)/b14-13-/t16-/m0/s1. The Hall–Kier alpha value is -3.47. The van der Waals surface area contributed by atoms with Crippen LogP contribution < -0.4 is 5.32 Å². The fourth-order valence-corrected chi connectivity index (χ4v) is 2.48. The number of benzene rings is 2. The molecule has 136 valence electrons. The number of para-hydroxylation sites is 1. The van der Waals surface area contributed by atoms with Gasteiger partial charge in [-0.1, -0.05) is 42.0 Å². The van der Waals surface area contributed by atoms with E-state index in [0.29, 0.717) is 11.4 Å². The summed E-state index contributed by atoms with van der Waals surface area (Å²) in [4.78, 5) is 28.6. The molecule has 3 aromatic rings. The number of nitrogens with one attached hydrogen (secondary N) is 1. The highest BCUT2D eigenvalue weighted by Gasteiger charge is 2.16. The fraction of sp³-hybridized carbons (Fsp3) is 0.136. The minimum absolute atomic E-state index is 0.385. The van der Waals surface area contributed by atoms with E-state index < -0.39 is 12.1 Å². The van der Waals surface area contributed by atoms with Gasteiger partial charge in [0.1, 0.15) is 0 Å². The third-order valence-corrected chi connectivity index (χ3v) is 3.99. The molecule has 5 nitrogen and oxygen atoms in total. The van der Waals surface area contributed by atoms with Gasteiger partial charge in [-0.3, -0.25) is 4.79 Å². The smallest absolute Gasteiger partial charge is 0.331 e. The predicted octanol–water partition coefficient (Wildman–Crippen LogP) is 4.13. The molecule has 0 aliphatic carbocycles. The van der Waals surface area contributed by atoms with Crippen molar-refractivity contribution in [1.82, 2.24) is 4.98 Å². The molecule has 1 heterocycles. The molecule has 1 aromatic heterocycles. The summed E-state index contributed by atoms with van der Waals surface area (Å²) < 4.78 is 5.15. The number of hydrogen-bond acceptors (Lipinski definition) is 4. The third kappa shape index (κ3) is 5.01. The van der Waals surface area contributed by atoms with E-state index in [2.05, 4.69) is 10.3 Å². The second-order valence-corrected chi connectivity index (χ2v) is 6.20. The maximum absolute atomic E-state index is 12.1. The average Bonchev–Trinajstić information content (AvgIpc) is 2.68. The number of aryl methyl sites for hydroxylation is 1. The van der Waals surface area contributed by atoms with Crippen LogP contribution in [0.1, 0.15) is 18.2 Å². The second kappa shape index (κ2) is 8.27. The number of ether oxygens (including phenoxy) is 1. The Bertz CT molecular complexity index is 994. The number of pyridine rings is 1. The first-order valence-corrected chi connectivity index (χ1v) is 8.63. The van der Waals surface area contributed by atoms with Crippen molar-refractivity contribution in [2.75, 3.05) is 5.32 Å². The molecule has 0 fully saturated rings. The van der Waals surface area contributed by atoms with E-state index >= 15 is 0 Å². The highest BCUT2D eigenvalue weighted by Crippen LogP contribution is 2.13. The third-order valence-electron chi connectivity index (χ3n) is 3.99. The van der Waals surface area contributed by atoms with Gasteiger partial charge in [0.25, 0.3) is 5.91 Å². The van der Waals surface area contributed by atoms with E-state index in [1.807, 2.05) is 55.5 Å². The van der Waals surface area contributed by atoms with Crippen LogP contribution in [0.15, 0.2) is 66.7 Å². The lowest BCUT2D eigenvalue weighted by Gasteiger charge is -2.12. The summed E-state index contributed by atoms with van der Waals surface area (Å²) in [6.07, 6.45) is 1.93. The first kappa shape index (κ1) is 18.3. The zero-order chi connectivity index (χ0) is 19.2. The first-order chi connectivity index (χ1) is 13.0. The molecule has 1 N–H and O–H groups in total. The molecule has 0 aliphatic heterocycles. The Morgan fingerprint density at radius 1 is 1.04 bits per heavy atom. The molecule has 0 saturated heterocycles. The van der Waals surface area contributed by atoms with Crippen LogP contribution in [0.4, 0.5) is 5.69 Å². The van der Waals surface area contributed by atoms with Crippen molar-refractivity contribution >= 4 is 34.5 Å². The maximum Gasteiger partial charge on any atom is 0.331 e. The molecule has 0 unspecified atom stereocenters. The molecule has 27 heavy (non-hydrogen) atoms. The number of rotatable bonds is 5. The molecule has 3 rings (SSSR count). The monoisotopic (exact) mass is 360 g/mol. The van der Waals surface area contributed by atoms with Crippen LogP contribution in [0.5, 0.6) is 0 Å². The number of esters is 1. The normalized spacial score (nSPS) is 12.1. The minimum Gasteiger partial charge on any atom is -0.449 e. The lowest BCUT2D eigenvalue weighted by Crippen LogP contribution is -2.29. The van der Waals surface area contributed by atoms with Crippen LogP contribution in [-0.2, 0) is 14.3 Å². The molecular weight excluding hydrogens is 340 g/mol. The SMILES string of the molecule is Cc1ccc(NC(=O)[C@H](C)OC(=O)/C=C\c2ccc3ccccc3n2)cc1. The number of anilines is 1. The lowest BCUT2D eigenvalue weighted by molar-refractivity contribution is -0.148. The van der Waals surface area contributed by atoms with Gasteiger partial charge >= 0.3 is 5.97 Å². The van der Waals surface area contributed by atoms with Gasteiger partial charge < -0.3 is 10.1 Å². The summed E-state index contributed by atoms with van der Waals surface area (Å²) in [6, 6.07) is 18.9. The molecule has 0 radical (unpaired) electrons. The van der Waals surface area contributed by atoms with Crippen molar-refractivity contribution in [2.45, 2.75) is 20.0 Å². The van der Waals surface area contributed by atoms with Gasteiger partial charge in [0.2, 0.25) is 0 Å². The Balaban J connectivity index is 1.57. The number of fused-ring (bicyclic) bond motifs is 1. The quantitative estimate of drug-likeness (QED) is 0.549. The number of carbonyl (C=O) groups is 2. The molecule has 1 amide bonds. The summed E-state index contributed by atoms with van der Waals surface area (Å²) in [6.45, 7) is 3.50. The number of hydrogen-bond donors (Lipinski definition) is 1. The van der Waals surface area contributed by atoms with Crippen LogP contribution in [0.2, 0.25) is 0 Å². The highest BCUT2D eigenvalue weighted by molar-refractivity contribution is 5.96. The maximum atomic E-state index is 12.1. The zero-order valence-corrected chi connectivity index (χ0v) is 15.2. The van der Waals surface area contributed by atoms with E-state index in [0.717, 1.165) is 16.5 Å². The van der Waals surface area contributed by atoms with Crippen molar-refractivity contribution in [3.8, 4) is 0 Å². The molecule has 0 aliphatic rings. The van der Waals surface area contributed by atoms with Crippen molar-refractivity contribution in [3.63, 3.8) is 0 Å². The number of aromatic nitrogens is 1. The van der Waals surface area contributed by atoms with Gasteiger partial charge in [-0.25, -0.2) is 9.78 Å². The summed E-state index contributed by atoms with van der Waals surface area (Å²) in [5, 5.41) is 3.74. The van der Waals surface area contributed by atoms with Crippen molar-refractivity contribution in [3.05, 3.63) is 78.0 Å². The van der Waals surface area contributed by atoms with Crippen LogP contribution in [0, 0.1) is 6.92 Å². The van der Waals surface area contributed by atoms with Gasteiger partial charge in [-0.05, 0) is 44.2 Å². The summed E-state index contributed by atoms with van der Waals surface area (Å²) in [5.41, 5.74) is 3.24. The van der Waals surface area contributed by atoms with Gasteiger partial charge in [-0.15, -0.1) is 0 Å². The van der Waals surface area contributed by atoms with Gasteiger partial charge in [0.05, 0.1) is 11.2 Å². The Morgan fingerprint density at radius 2 is 1.78 bits per heavy atom. The Morgan fingerprint density at radius 3 is 2.56 bits per heavy atom. The van der Waals surface area contributed by atoms with E-state index in [1.54, 1.807) is 18.2 Å². The van der Waals surface area contributed by atoms with E-state index in [9.17, 15) is 9.59 Å². The van der Waals surface area contributed by atoms with Gasteiger partial charge in [0, 0.05) is 17.1 Å². The highest BCUT2D eigenvalue weighted by atomic mass is 16.5. The summed E-state index contributed by atoms with van der Waals surface area (Å²) >= 11 is 0. The Kier molecular flexibility index (Phi) is 5.61. The minimum atomic E-state index is -0.909. The summed E-state index contributed by atoms with van der Waals surface area (Å²) in [5.74, 6) is -0.985. The number of carbonyl (C=O) groups excluding carboxylic acids is 2. The van der Waals surface area contributed by atoms with Crippen molar-refractivity contribution in [1.29, 1.82) is 0 Å². The zero-order valence-electron chi connectivity index (χ0n) is 15.2. The van der Waals surface area contributed by atoms with Crippen LogP contribution in [0.25, 0.3) is 17.0 Å². The molecule has 0 spiro atoms. The van der Waals surface area contributed by atoms with Crippen LogP contribution in [-0.4, -0.2) is 23.0 Å². The molecule has 0 saturated carbocycles. The van der Waals surface area contributed by atoms with Crippen molar-refractivity contribution < 1.29 is 14.3 Å². The fourth-order valence-electron chi connectivity index (χ4n) is 2.48. The van der Waals surface area contributed by atoms with E-state index in [-0.39, 0.29) is 5.91 Å². The largest absolute Gasteiger partial charge is 0.449 e. The average molecular weight is 360 g/mol. The molecule has 5 heteroatoms. The molecular formula is C22H20N2O3. The van der Waals surface area contributed by atoms with Crippen LogP contribution >= 0.6 is 0 Å².